The molecule has 5 atom stereocenters. The van der Waals surface area contributed by atoms with Crippen LogP contribution in [0.2, 0.25) is 0 Å². The number of H-pyrrole nitrogens is 1. The normalized spacial score (nSPS) is 35.7. The third-order valence-corrected chi connectivity index (χ3v) is 4.16. The number of nitrogens with one attached hydrogen (secondary N) is 1. The van der Waals surface area contributed by atoms with Crippen LogP contribution in [0.15, 0.2) is 15.8 Å². The molecule has 8 nitrogen and oxygen atoms in total. The van der Waals surface area contributed by atoms with Gasteiger partial charge in [-0.25, -0.2) is 4.79 Å². The number of methoxy groups -OCH3 is 1. The van der Waals surface area contributed by atoms with Crippen LogP contribution in [0.3, 0.4) is 0 Å². The largest absolute Gasteiger partial charge is 0.377 e. The lowest BCUT2D eigenvalue weighted by molar-refractivity contribution is -0.135. The zero-order chi connectivity index (χ0) is 15.1. The smallest absolute Gasteiger partial charge is 0.330 e. The van der Waals surface area contributed by atoms with Crippen molar-refractivity contribution in [3.05, 3.63) is 32.6 Å². The van der Waals surface area contributed by atoms with Crippen molar-refractivity contribution in [1.82, 2.24) is 9.55 Å². The highest BCUT2D eigenvalue weighted by molar-refractivity contribution is 5.03. The van der Waals surface area contributed by atoms with E-state index in [0.717, 1.165) is 0 Å². The van der Waals surface area contributed by atoms with Crippen molar-refractivity contribution in [3.8, 4) is 0 Å². The van der Waals surface area contributed by atoms with Crippen LogP contribution >= 0.6 is 0 Å². The van der Waals surface area contributed by atoms with Crippen LogP contribution < -0.4 is 17.0 Å². The molecule has 0 saturated carbocycles. The molecule has 0 spiro atoms. The van der Waals surface area contributed by atoms with Gasteiger partial charge in [-0.15, -0.1) is 0 Å². The summed E-state index contributed by atoms with van der Waals surface area (Å²) in [4.78, 5) is 25.6. The maximum Gasteiger partial charge on any atom is 0.330 e. The van der Waals surface area contributed by atoms with Crippen molar-refractivity contribution in [1.29, 1.82) is 0 Å². The Labute approximate surface area is 120 Å². The van der Waals surface area contributed by atoms with E-state index in [1.54, 1.807) is 14.0 Å². The van der Waals surface area contributed by atoms with E-state index in [9.17, 15) is 9.59 Å². The molecule has 2 fully saturated rings. The van der Waals surface area contributed by atoms with Gasteiger partial charge < -0.3 is 19.9 Å². The molecule has 3 N–H and O–H groups in total. The predicted molar refractivity (Wildman–Crippen MR) is 73.1 cm³/mol. The lowest BCUT2D eigenvalue weighted by Crippen LogP contribution is -2.56. The minimum Gasteiger partial charge on any atom is -0.377 e. The van der Waals surface area contributed by atoms with Crippen molar-refractivity contribution in [2.24, 2.45) is 5.73 Å². The Bertz CT molecular complexity index is 639. The fraction of sp³-hybridized carbons (Fsp3) is 0.692. The summed E-state index contributed by atoms with van der Waals surface area (Å²) in [5, 5.41) is 0. The summed E-state index contributed by atoms with van der Waals surface area (Å²) in [6.45, 7) is 2.05. The number of nitrogens with zero attached hydrogens (tertiary/aromatic N) is 1. The highest BCUT2D eigenvalue weighted by Crippen LogP contribution is 2.34. The van der Waals surface area contributed by atoms with Gasteiger partial charge in [-0.3, -0.25) is 14.3 Å². The molecule has 0 amide bonds. The Kier molecular flexibility index (Phi) is 3.70. The number of aryl methyl sites for hydroxylation is 1. The van der Waals surface area contributed by atoms with E-state index in [1.807, 2.05) is 0 Å². The molecule has 2 aliphatic heterocycles. The SMILES string of the molecule is COC1COC2CC(n3cc(C)c(=O)[nH]c3=O)OC2[C@@H]1N. The molecule has 0 bridgehead atoms. The topological polar surface area (TPSA) is 109 Å². The molecular weight excluding hydrogens is 278 g/mol. The van der Waals surface area contributed by atoms with Gasteiger partial charge in [-0.1, -0.05) is 0 Å². The van der Waals surface area contributed by atoms with E-state index >= 15 is 0 Å². The molecule has 8 heteroatoms. The minimum atomic E-state index is -0.496. The first-order valence-electron chi connectivity index (χ1n) is 6.88. The average molecular weight is 297 g/mol. The quantitative estimate of drug-likeness (QED) is 0.715. The zero-order valence-electron chi connectivity index (χ0n) is 11.9. The van der Waals surface area contributed by atoms with E-state index in [-0.39, 0.29) is 29.9 Å². The second kappa shape index (κ2) is 5.38. The van der Waals surface area contributed by atoms with Crippen molar-refractivity contribution in [2.45, 2.75) is 43.9 Å². The molecule has 21 heavy (non-hydrogen) atoms. The third kappa shape index (κ3) is 2.44. The molecule has 2 aliphatic rings. The van der Waals surface area contributed by atoms with E-state index in [2.05, 4.69) is 4.98 Å². The number of ether oxygens (including phenoxy) is 3. The molecule has 3 rings (SSSR count). The van der Waals surface area contributed by atoms with E-state index in [1.165, 1.54) is 10.8 Å². The van der Waals surface area contributed by atoms with Crippen molar-refractivity contribution in [3.63, 3.8) is 0 Å². The Morgan fingerprint density at radius 3 is 2.95 bits per heavy atom. The summed E-state index contributed by atoms with van der Waals surface area (Å²) < 4.78 is 18.2. The summed E-state index contributed by atoms with van der Waals surface area (Å²) in [5.74, 6) is 0. The van der Waals surface area contributed by atoms with Crippen LogP contribution in [0.5, 0.6) is 0 Å². The number of rotatable bonds is 2. The first-order chi connectivity index (χ1) is 10.0. The number of aromatic nitrogens is 2. The van der Waals surface area contributed by atoms with Crippen molar-refractivity contribution < 1.29 is 14.2 Å². The van der Waals surface area contributed by atoms with Gasteiger partial charge in [0.05, 0.1) is 24.9 Å². The highest BCUT2D eigenvalue weighted by Gasteiger charge is 2.46. The zero-order valence-corrected chi connectivity index (χ0v) is 11.9. The molecule has 4 unspecified atom stereocenters. The lowest BCUT2D eigenvalue weighted by Gasteiger charge is -2.35. The molecule has 0 radical (unpaired) electrons. The van der Waals surface area contributed by atoms with Crippen LogP contribution in [-0.4, -0.2) is 47.6 Å². The maximum atomic E-state index is 11.9. The summed E-state index contributed by atoms with van der Waals surface area (Å²) >= 11 is 0. The average Bonchev–Trinajstić information content (AvgIpc) is 2.88. The molecule has 0 aliphatic carbocycles. The Hall–Kier alpha value is -1.48. The summed E-state index contributed by atoms with van der Waals surface area (Å²) in [5.41, 5.74) is 5.70. The fourth-order valence-corrected chi connectivity index (χ4v) is 2.90. The number of nitrogens with two attached hydrogens (primary N) is 1. The van der Waals surface area contributed by atoms with Crippen LogP contribution in [0.4, 0.5) is 0 Å². The first kappa shape index (κ1) is 14.5. The summed E-state index contributed by atoms with van der Waals surface area (Å²) in [6, 6.07) is -0.307. The fourth-order valence-electron chi connectivity index (χ4n) is 2.90. The predicted octanol–water partition coefficient (Wildman–Crippen LogP) is -1.13. The van der Waals surface area contributed by atoms with Gasteiger partial charge in [0.2, 0.25) is 0 Å². The number of hydrogen-bond acceptors (Lipinski definition) is 6. The van der Waals surface area contributed by atoms with Gasteiger partial charge >= 0.3 is 5.69 Å². The van der Waals surface area contributed by atoms with Gasteiger partial charge in [0.1, 0.15) is 12.3 Å². The van der Waals surface area contributed by atoms with E-state index < -0.39 is 11.9 Å². The van der Waals surface area contributed by atoms with Gasteiger partial charge in [0.15, 0.2) is 0 Å². The van der Waals surface area contributed by atoms with Crippen LogP contribution in [0.1, 0.15) is 18.2 Å². The Morgan fingerprint density at radius 2 is 2.24 bits per heavy atom. The summed E-state index contributed by atoms with van der Waals surface area (Å²) in [6.07, 6.45) is 0.801. The van der Waals surface area contributed by atoms with Gasteiger partial charge in [0, 0.05) is 25.3 Å². The number of aromatic amines is 1. The van der Waals surface area contributed by atoms with Gasteiger partial charge in [-0.05, 0) is 6.92 Å². The highest BCUT2D eigenvalue weighted by atomic mass is 16.6. The van der Waals surface area contributed by atoms with Crippen molar-refractivity contribution in [2.75, 3.05) is 13.7 Å². The van der Waals surface area contributed by atoms with Gasteiger partial charge in [0.25, 0.3) is 5.56 Å². The molecular formula is C13H19N3O5. The van der Waals surface area contributed by atoms with E-state index in [4.69, 9.17) is 19.9 Å². The molecule has 116 valence electrons. The lowest BCUT2D eigenvalue weighted by atomic mass is 9.98. The molecule has 3 heterocycles. The first-order valence-corrected chi connectivity index (χ1v) is 6.88. The van der Waals surface area contributed by atoms with E-state index in [0.29, 0.717) is 18.6 Å². The second-order valence-electron chi connectivity index (χ2n) is 5.49. The van der Waals surface area contributed by atoms with Crippen LogP contribution in [0, 0.1) is 6.92 Å². The minimum absolute atomic E-state index is 0.171. The summed E-state index contributed by atoms with van der Waals surface area (Å²) in [7, 11) is 1.58. The third-order valence-electron chi connectivity index (χ3n) is 4.16. The monoisotopic (exact) mass is 297 g/mol. The van der Waals surface area contributed by atoms with Crippen LogP contribution in [0.25, 0.3) is 0 Å². The Morgan fingerprint density at radius 1 is 1.48 bits per heavy atom. The molecule has 1 aromatic heterocycles. The molecule has 2 saturated heterocycles. The van der Waals surface area contributed by atoms with Gasteiger partial charge in [-0.2, -0.15) is 0 Å². The Balaban J connectivity index is 1.86. The van der Waals surface area contributed by atoms with Crippen LogP contribution in [-0.2, 0) is 14.2 Å². The number of hydrogen-bond donors (Lipinski definition) is 2. The number of fused-ring (bicyclic) bond motifs is 1. The molecule has 1 aromatic rings. The standard InChI is InChI=1S/C13H19N3O5/c1-6-4-16(13(18)15-12(6)17)9-3-7-11(21-9)10(14)8(19-2)5-20-7/h4,7-11H,3,5,14H2,1-2H3,(H,15,17,18)/t7?,8?,9?,10-,11?/m1/s1. The van der Waals surface area contributed by atoms with Crippen molar-refractivity contribution >= 4 is 0 Å². The second-order valence-corrected chi connectivity index (χ2v) is 5.49. The molecule has 0 aromatic carbocycles. The maximum absolute atomic E-state index is 11.9.